The molecule has 5 nitrogen and oxygen atoms in total. The van der Waals surface area contributed by atoms with E-state index in [-0.39, 0.29) is 6.61 Å². The molecule has 1 fully saturated rings. The number of aryl methyl sites for hydroxylation is 2. The van der Waals surface area contributed by atoms with Crippen LogP contribution >= 0.6 is 0 Å². The smallest absolute Gasteiger partial charge is 0.243 e. The zero-order valence-corrected chi connectivity index (χ0v) is 15.0. The van der Waals surface area contributed by atoms with E-state index in [0.29, 0.717) is 18.0 Å². The summed E-state index contributed by atoms with van der Waals surface area (Å²) in [6.07, 6.45) is 2.93. The molecule has 0 spiro atoms. The van der Waals surface area contributed by atoms with Gasteiger partial charge in [0.25, 0.3) is 0 Å². The van der Waals surface area contributed by atoms with Gasteiger partial charge < -0.3 is 10.0 Å². The van der Waals surface area contributed by atoms with Crippen LogP contribution in [0.4, 0.5) is 0 Å². The lowest BCUT2D eigenvalue weighted by Gasteiger charge is -2.34. The molecule has 0 atom stereocenters. The van der Waals surface area contributed by atoms with Crippen LogP contribution in [-0.4, -0.2) is 62.1 Å². The van der Waals surface area contributed by atoms with Crippen molar-refractivity contribution in [1.29, 1.82) is 0 Å². The summed E-state index contributed by atoms with van der Waals surface area (Å²) in [6.45, 7) is 7.83. The number of sulfonamides is 1. The number of piperazine rings is 1. The fourth-order valence-corrected chi connectivity index (χ4v) is 4.35. The Morgan fingerprint density at radius 1 is 1.00 bits per heavy atom. The molecule has 1 aromatic rings. The van der Waals surface area contributed by atoms with E-state index < -0.39 is 10.0 Å². The lowest BCUT2D eigenvalue weighted by atomic mass is 10.1. The van der Waals surface area contributed by atoms with Crippen molar-refractivity contribution < 1.29 is 13.5 Å². The first-order valence-corrected chi connectivity index (χ1v) is 9.80. The van der Waals surface area contributed by atoms with Gasteiger partial charge in [-0.2, -0.15) is 4.31 Å². The van der Waals surface area contributed by atoms with Crippen LogP contribution in [0.25, 0.3) is 0 Å². The highest BCUT2D eigenvalue weighted by molar-refractivity contribution is 7.89. The minimum atomic E-state index is -3.38. The molecule has 0 aliphatic carbocycles. The Hall–Kier alpha value is -0.950. The Labute approximate surface area is 140 Å². The van der Waals surface area contributed by atoms with Gasteiger partial charge in [0, 0.05) is 32.8 Å². The zero-order valence-electron chi connectivity index (χ0n) is 14.2. The van der Waals surface area contributed by atoms with Gasteiger partial charge in [0.15, 0.2) is 0 Å². The van der Waals surface area contributed by atoms with E-state index in [4.69, 9.17) is 5.11 Å². The molecule has 1 aliphatic rings. The van der Waals surface area contributed by atoms with Crippen LogP contribution in [0.2, 0.25) is 0 Å². The fourth-order valence-electron chi connectivity index (χ4n) is 2.84. The Kier molecular flexibility index (Phi) is 6.59. The highest BCUT2D eigenvalue weighted by atomic mass is 32.2. The largest absolute Gasteiger partial charge is 0.396 e. The Morgan fingerprint density at radius 3 is 2.30 bits per heavy atom. The average Bonchev–Trinajstić information content (AvgIpc) is 2.54. The van der Waals surface area contributed by atoms with E-state index in [1.807, 2.05) is 19.9 Å². The minimum Gasteiger partial charge on any atom is -0.396 e. The average molecular weight is 340 g/mol. The molecule has 130 valence electrons. The summed E-state index contributed by atoms with van der Waals surface area (Å²) in [5.74, 6) is 0. The molecule has 0 bridgehead atoms. The van der Waals surface area contributed by atoms with Crippen molar-refractivity contribution >= 4 is 10.0 Å². The maximum atomic E-state index is 12.7. The third-order valence-electron chi connectivity index (χ3n) is 4.58. The van der Waals surface area contributed by atoms with Gasteiger partial charge in [-0.3, -0.25) is 0 Å². The highest BCUT2D eigenvalue weighted by Gasteiger charge is 2.28. The first-order chi connectivity index (χ1) is 10.9. The van der Waals surface area contributed by atoms with Crippen molar-refractivity contribution in [2.45, 2.75) is 38.0 Å². The van der Waals surface area contributed by atoms with Gasteiger partial charge >= 0.3 is 0 Å². The topological polar surface area (TPSA) is 60.9 Å². The molecule has 0 saturated carbocycles. The molecule has 1 aliphatic heterocycles. The lowest BCUT2D eigenvalue weighted by molar-refractivity contribution is 0.183. The summed E-state index contributed by atoms with van der Waals surface area (Å²) in [7, 11) is -3.38. The molecule has 0 unspecified atom stereocenters. The molecule has 0 radical (unpaired) electrons. The van der Waals surface area contributed by atoms with Crippen molar-refractivity contribution in [3.63, 3.8) is 0 Å². The normalized spacial score (nSPS) is 17.5. The maximum Gasteiger partial charge on any atom is 0.243 e. The second-order valence-electron chi connectivity index (χ2n) is 6.28. The van der Waals surface area contributed by atoms with E-state index in [1.165, 1.54) is 0 Å². The van der Waals surface area contributed by atoms with Crippen LogP contribution in [0, 0.1) is 13.8 Å². The molecule has 1 N–H and O–H groups in total. The standard InChI is InChI=1S/C17H28N2O3S/c1-15-6-7-17(14-16(15)2)23(21,22)19-11-9-18(10-12-19)8-4-3-5-13-20/h6-7,14,20H,3-5,8-13H2,1-2H3. The van der Waals surface area contributed by atoms with Crippen LogP contribution in [-0.2, 0) is 10.0 Å². The Morgan fingerprint density at radius 2 is 1.70 bits per heavy atom. The van der Waals surface area contributed by atoms with Crippen LogP contribution in [0.1, 0.15) is 30.4 Å². The second-order valence-corrected chi connectivity index (χ2v) is 8.21. The summed E-state index contributed by atoms with van der Waals surface area (Å²) in [4.78, 5) is 2.71. The van der Waals surface area contributed by atoms with Gasteiger partial charge in [0.05, 0.1) is 4.90 Å². The number of hydrogen-bond acceptors (Lipinski definition) is 4. The second kappa shape index (κ2) is 8.24. The van der Waals surface area contributed by atoms with Gasteiger partial charge in [0.1, 0.15) is 0 Å². The molecule has 2 rings (SSSR count). The zero-order chi connectivity index (χ0) is 16.9. The number of nitrogens with zero attached hydrogens (tertiary/aromatic N) is 2. The van der Waals surface area contributed by atoms with E-state index in [1.54, 1.807) is 16.4 Å². The lowest BCUT2D eigenvalue weighted by Crippen LogP contribution is -2.48. The third-order valence-corrected chi connectivity index (χ3v) is 6.47. The number of aliphatic hydroxyl groups excluding tert-OH is 1. The maximum absolute atomic E-state index is 12.7. The summed E-state index contributed by atoms with van der Waals surface area (Å²) in [5, 5.41) is 8.79. The SMILES string of the molecule is Cc1ccc(S(=O)(=O)N2CCN(CCCCCO)CC2)cc1C. The molecule has 1 heterocycles. The summed E-state index contributed by atoms with van der Waals surface area (Å²) >= 11 is 0. The van der Waals surface area contributed by atoms with E-state index in [2.05, 4.69) is 4.90 Å². The van der Waals surface area contributed by atoms with Crippen LogP contribution in [0.5, 0.6) is 0 Å². The Bertz CT molecular complexity index is 608. The predicted molar refractivity (Wildman–Crippen MR) is 92.1 cm³/mol. The monoisotopic (exact) mass is 340 g/mol. The molecule has 6 heteroatoms. The third kappa shape index (κ3) is 4.76. The summed E-state index contributed by atoms with van der Waals surface area (Å²) in [5.41, 5.74) is 2.12. The molecule has 1 saturated heterocycles. The van der Waals surface area contributed by atoms with E-state index in [9.17, 15) is 8.42 Å². The van der Waals surface area contributed by atoms with Crippen molar-refractivity contribution in [2.24, 2.45) is 0 Å². The molecular formula is C17H28N2O3S. The Balaban J connectivity index is 1.92. The number of aliphatic hydroxyl groups is 1. The van der Waals surface area contributed by atoms with Crippen molar-refractivity contribution in [3.05, 3.63) is 29.3 Å². The molecular weight excluding hydrogens is 312 g/mol. The van der Waals surface area contributed by atoms with Gasteiger partial charge in [0.2, 0.25) is 10.0 Å². The first kappa shape index (κ1) is 18.4. The van der Waals surface area contributed by atoms with Gasteiger partial charge in [-0.1, -0.05) is 6.07 Å². The number of benzene rings is 1. The molecule has 0 amide bonds. The van der Waals surface area contributed by atoms with Gasteiger partial charge in [-0.15, -0.1) is 0 Å². The van der Waals surface area contributed by atoms with Crippen molar-refractivity contribution in [2.75, 3.05) is 39.3 Å². The van der Waals surface area contributed by atoms with E-state index >= 15 is 0 Å². The van der Waals surface area contributed by atoms with Crippen LogP contribution in [0.3, 0.4) is 0 Å². The number of rotatable bonds is 7. The molecule has 0 aromatic heterocycles. The predicted octanol–water partition coefficient (Wildman–Crippen LogP) is 1.77. The van der Waals surface area contributed by atoms with Gasteiger partial charge in [-0.25, -0.2) is 8.42 Å². The first-order valence-electron chi connectivity index (χ1n) is 8.36. The summed E-state index contributed by atoms with van der Waals surface area (Å²) < 4.78 is 27.1. The van der Waals surface area contributed by atoms with Crippen LogP contribution < -0.4 is 0 Å². The van der Waals surface area contributed by atoms with Crippen molar-refractivity contribution in [1.82, 2.24) is 9.21 Å². The minimum absolute atomic E-state index is 0.252. The van der Waals surface area contributed by atoms with Gasteiger partial charge in [-0.05, 0) is 62.9 Å². The van der Waals surface area contributed by atoms with Crippen LogP contribution in [0.15, 0.2) is 23.1 Å². The van der Waals surface area contributed by atoms with Crippen molar-refractivity contribution in [3.8, 4) is 0 Å². The molecule has 1 aromatic carbocycles. The number of unbranched alkanes of at least 4 members (excludes halogenated alkanes) is 2. The quantitative estimate of drug-likeness (QED) is 0.769. The molecule has 23 heavy (non-hydrogen) atoms. The number of hydrogen-bond donors (Lipinski definition) is 1. The summed E-state index contributed by atoms with van der Waals surface area (Å²) in [6, 6.07) is 5.35. The highest BCUT2D eigenvalue weighted by Crippen LogP contribution is 2.20. The fraction of sp³-hybridized carbons (Fsp3) is 0.647. The van der Waals surface area contributed by atoms with E-state index in [0.717, 1.165) is 50.0 Å².